The molecule has 128 valence electrons. The van der Waals surface area contributed by atoms with E-state index in [1.165, 1.54) is 4.31 Å². The summed E-state index contributed by atoms with van der Waals surface area (Å²) < 4.78 is 32.7. The Kier molecular flexibility index (Phi) is 5.11. The van der Waals surface area contributed by atoms with Crippen molar-refractivity contribution in [3.05, 3.63) is 53.7 Å². The van der Waals surface area contributed by atoms with Crippen LogP contribution < -0.4 is 4.74 Å². The number of hydrogen-bond donors (Lipinski definition) is 0. The van der Waals surface area contributed by atoms with Gasteiger partial charge in [-0.1, -0.05) is 29.8 Å². The normalized spacial score (nSPS) is 19.1. The zero-order chi connectivity index (χ0) is 17.0. The third kappa shape index (κ3) is 4.30. The van der Waals surface area contributed by atoms with E-state index in [1.807, 2.05) is 31.2 Å². The number of aromatic nitrogens is 2. The molecule has 0 radical (unpaired) electrons. The molecule has 1 atom stereocenters. The van der Waals surface area contributed by atoms with Crippen molar-refractivity contribution in [2.45, 2.75) is 31.6 Å². The molecule has 1 aliphatic rings. The van der Waals surface area contributed by atoms with Crippen LogP contribution >= 0.6 is 0 Å². The van der Waals surface area contributed by atoms with E-state index in [0.29, 0.717) is 19.0 Å². The van der Waals surface area contributed by atoms with Gasteiger partial charge in [0.1, 0.15) is 6.10 Å². The van der Waals surface area contributed by atoms with Gasteiger partial charge in [0.25, 0.3) is 0 Å². The molecule has 0 aliphatic carbocycles. The van der Waals surface area contributed by atoms with Crippen LogP contribution in [0.3, 0.4) is 0 Å². The van der Waals surface area contributed by atoms with Crippen LogP contribution in [0.4, 0.5) is 0 Å². The van der Waals surface area contributed by atoms with Crippen LogP contribution in [0.15, 0.2) is 42.6 Å². The Labute approximate surface area is 142 Å². The summed E-state index contributed by atoms with van der Waals surface area (Å²) in [7, 11) is -3.36. The van der Waals surface area contributed by atoms with Gasteiger partial charge in [0, 0.05) is 18.8 Å². The molecular weight excluding hydrogens is 326 g/mol. The SMILES string of the molecule is Cc1ccc(CS(=O)(=O)N2CCCC(Oc3cccnn3)C2)cc1. The van der Waals surface area contributed by atoms with Gasteiger partial charge < -0.3 is 4.74 Å². The summed E-state index contributed by atoms with van der Waals surface area (Å²) in [6.45, 7) is 2.87. The Bertz CT molecular complexity index is 763. The molecule has 1 aromatic carbocycles. The Morgan fingerprint density at radius 1 is 1.25 bits per heavy atom. The second-order valence-electron chi connectivity index (χ2n) is 6.04. The average Bonchev–Trinajstić information content (AvgIpc) is 2.58. The molecule has 2 aromatic rings. The molecule has 3 rings (SSSR count). The van der Waals surface area contributed by atoms with E-state index in [0.717, 1.165) is 24.0 Å². The molecule has 0 bridgehead atoms. The highest BCUT2D eigenvalue weighted by molar-refractivity contribution is 7.88. The van der Waals surface area contributed by atoms with Crippen molar-refractivity contribution in [2.75, 3.05) is 13.1 Å². The van der Waals surface area contributed by atoms with E-state index in [9.17, 15) is 8.42 Å². The number of rotatable bonds is 5. The second-order valence-corrected chi connectivity index (χ2v) is 8.01. The van der Waals surface area contributed by atoms with Gasteiger partial charge in [-0.3, -0.25) is 0 Å². The van der Waals surface area contributed by atoms with Crippen molar-refractivity contribution < 1.29 is 13.2 Å². The molecule has 1 fully saturated rings. The van der Waals surface area contributed by atoms with Crippen LogP contribution in [0.5, 0.6) is 5.88 Å². The zero-order valence-corrected chi connectivity index (χ0v) is 14.4. The molecule has 0 spiro atoms. The fourth-order valence-electron chi connectivity index (χ4n) is 2.76. The van der Waals surface area contributed by atoms with Crippen molar-refractivity contribution in [3.8, 4) is 5.88 Å². The highest BCUT2D eigenvalue weighted by atomic mass is 32.2. The predicted octanol–water partition coefficient (Wildman–Crippen LogP) is 2.16. The van der Waals surface area contributed by atoms with Crippen molar-refractivity contribution >= 4 is 10.0 Å². The van der Waals surface area contributed by atoms with Crippen LogP contribution in [0, 0.1) is 6.92 Å². The third-order valence-electron chi connectivity index (χ3n) is 4.04. The second kappa shape index (κ2) is 7.27. The number of piperidine rings is 1. The molecule has 2 heterocycles. The Balaban J connectivity index is 1.65. The Hall–Kier alpha value is -1.99. The maximum absolute atomic E-state index is 12.7. The first-order chi connectivity index (χ1) is 11.5. The summed E-state index contributed by atoms with van der Waals surface area (Å²) in [5, 5.41) is 7.67. The molecule has 1 aliphatic heterocycles. The number of ether oxygens (including phenoxy) is 1. The fourth-order valence-corrected chi connectivity index (χ4v) is 4.36. The molecule has 1 saturated heterocycles. The average molecular weight is 347 g/mol. The lowest BCUT2D eigenvalue weighted by Crippen LogP contribution is -2.44. The quantitative estimate of drug-likeness (QED) is 0.829. The predicted molar refractivity (Wildman–Crippen MR) is 91.1 cm³/mol. The zero-order valence-electron chi connectivity index (χ0n) is 13.6. The van der Waals surface area contributed by atoms with Gasteiger partial charge in [0.15, 0.2) is 0 Å². The van der Waals surface area contributed by atoms with Gasteiger partial charge >= 0.3 is 0 Å². The van der Waals surface area contributed by atoms with E-state index < -0.39 is 10.0 Å². The lowest BCUT2D eigenvalue weighted by Gasteiger charge is -2.31. The van der Waals surface area contributed by atoms with Crippen molar-refractivity contribution in [1.82, 2.24) is 14.5 Å². The lowest BCUT2D eigenvalue weighted by atomic mass is 10.1. The minimum absolute atomic E-state index is 0.0190. The standard InChI is InChI=1S/C17H21N3O3S/c1-14-6-8-15(9-7-14)13-24(21,22)20-11-3-4-16(12-20)23-17-5-2-10-18-19-17/h2,5-10,16H,3-4,11-13H2,1H3. The van der Waals surface area contributed by atoms with E-state index in [1.54, 1.807) is 18.3 Å². The molecule has 24 heavy (non-hydrogen) atoms. The van der Waals surface area contributed by atoms with E-state index in [-0.39, 0.29) is 11.9 Å². The molecule has 0 N–H and O–H groups in total. The summed E-state index contributed by atoms with van der Waals surface area (Å²) in [6.07, 6.45) is 2.97. The van der Waals surface area contributed by atoms with Crippen molar-refractivity contribution in [3.63, 3.8) is 0 Å². The smallest absolute Gasteiger partial charge is 0.233 e. The summed E-state index contributed by atoms with van der Waals surface area (Å²) >= 11 is 0. The summed E-state index contributed by atoms with van der Waals surface area (Å²) in [4.78, 5) is 0. The van der Waals surface area contributed by atoms with Crippen LogP contribution in [0.2, 0.25) is 0 Å². The Morgan fingerprint density at radius 3 is 2.75 bits per heavy atom. The number of sulfonamides is 1. The van der Waals surface area contributed by atoms with E-state index >= 15 is 0 Å². The van der Waals surface area contributed by atoms with Gasteiger partial charge in [-0.25, -0.2) is 8.42 Å². The van der Waals surface area contributed by atoms with Crippen LogP contribution in [-0.2, 0) is 15.8 Å². The molecule has 0 saturated carbocycles. The number of hydrogen-bond acceptors (Lipinski definition) is 5. The first kappa shape index (κ1) is 16.9. The lowest BCUT2D eigenvalue weighted by molar-refractivity contribution is 0.123. The summed E-state index contributed by atoms with van der Waals surface area (Å²) in [5.41, 5.74) is 1.92. The molecule has 1 unspecified atom stereocenters. The first-order valence-corrected chi connectivity index (χ1v) is 9.61. The highest BCUT2D eigenvalue weighted by Gasteiger charge is 2.30. The number of benzene rings is 1. The molecular formula is C17H21N3O3S. The van der Waals surface area contributed by atoms with Crippen molar-refractivity contribution in [1.29, 1.82) is 0 Å². The topological polar surface area (TPSA) is 72.4 Å². The van der Waals surface area contributed by atoms with Gasteiger partial charge in [0.05, 0.1) is 12.3 Å². The van der Waals surface area contributed by atoms with Gasteiger partial charge in [-0.15, -0.1) is 5.10 Å². The molecule has 6 nitrogen and oxygen atoms in total. The molecule has 1 aromatic heterocycles. The maximum Gasteiger partial charge on any atom is 0.233 e. The summed E-state index contributed by atoms with van der Waals surface area (Å²) in [5.74, 6) is 0.450. The fraction of sp³-hybridized carbons (Fsp3) is 0.412. The van der Waals surface area contributed by atoms with Crippen LogP contribution in [0.25, 0.3) is 0 Å². The van der Waals surface area contributed by atoms with E-state index in [2.05, 4.69) is 10.2 Å². The number of nitrogens with zero attached hydrogens (tertiary/aromatic N) is 3. The monoisotopic (exact) mass is 347 g/mol. The summed E-state index contributed by atoms with van der Waals surface area (Å²) in [6, 6.07) is 11.1. The molecule has 0 amide bonds. The van der Waals surface area contributed by atoms with Gasteiger partial charge in [-0.2, -0.15) is 9.40 Å². The van der Waals surface area contributed by atoms with Crippen LogP contribution in [0.1, 0.15) is 24.0 Å². The minimum atomic E-state index is -3.36. The van der Waals surface area contributed by atoms with Gasteiger partial charge in [-0.05, 0) is 31.4 Å². The van der Waals surface area contributed by atoms with Crippen molar-refractivity contribution in [2.24, 2.45) is 0 Å². The Morgan fingerprint density at radius 2 is 2.04 bits per heavy atom. The number of aryl methyl sites for hydroxylation is 1. The first-order valence-electron chi connectivity index (χ1n) is 8.01. The minimum Gasteiger partial charge on any atom is -0.472 e. The van der Waals surface area contributed by atoms with E-state index in [4.69, 9.17) is 4.74 Å². The third-order valence-corrected chi connectivity index (χ3v) is 5.86. The molecule has 7 heteroatoms. The highest BCUT2D eigenvalue weighted by Crippen LogP contribution is 2.20. The van der Waals surface area contributed by atoms with Gasteiger partial charge in [0.2, 0.25) is 15.9 Å². The van der Waals surface area contributed by atoms with Crippen LogP contribution in [-0.4, -0.2) is 42.1 Å². The maximum atomic E-state index is 12.7. The largest absolute Gasteiger partial charge is 0.472 e.